The fourth-order valence-corrected chi connectivity index (χ4v) is 4.91. The van der Waals surface area contributed by atoms with Gasteiger partial charge >= 0.3 is 6.01 Å². The Labute approximate surface area is 219 Å². The highest BCUT2D eigenvalue weighted by Crippen LogP contribution is 2.36. The van der Waals surface area contributed by atoms with E-state index in [2.05, 4.69) is 35.1 Å². The van der Waals surface area contributed by atoms with Gasteiger partial charge in [0.05, 0.1) is 6.54 Å². The number of hydrogen-bond donors (Lipinski definition) is 1. The number of ether oxygens (including phenoxy) is 1. The number of pyridine rings is 1. The van der Waals surface area contributed by atoms with Gasteiger partial charge in [0.25, 0.3) is 0 Å². The number of hydrogen-bond acceptors (Lipinski definition) is 8. The Hall–Kier alpha value is -4.34. The highest BCUT2D eigenvalue weighted by atomic mass is 19.1. The summed E-state index contributed by atoms with van der Waals surface area (Å²) in [6.45, 7) is 7.47. The molecule has 1 aliphatic carbocycles. The number of piperazine rings is 1. The van der Waals surface area contributed by atoms with Crippen molar-refractivity contribution >= 4 is 29.2 Å². The summed E-state index contributed by atoms with van der Waals surface area (Å²) in [6.07, 6.45) is 7.56. The van der Waals surface area contributed by atoms with Crippen LogP contribution in [0.15, 0.2) is 58.9 Å². The van der Waals surface area contributed by atoms with Crippen molar-refractivity contribution < 1.29 is 13.5 Å². The maximum Gasteiger partial charge on any atom is 0.326 e. The Morgan fingerprint density at radius 3 is 2.42 bits per heavy atom. The van der Waals surface area contributed by atoms with Crippen LogP contribution >= 0.6 is 0 Å². The maximum atomic E-state index is 15.3. The van der Waals surface area contributed by atoms with E-state index >= 15 is 4.39 Å². The quantitative estimate of drug-likeness (QED) is 0.512. The molecule has 6 rings (SSSR count). The van der Waals surface area contributed by atoms with E-state index in [4.69, 9.17) is 4.74 Å². The lowest BCUT2D eigenvalue weighted by molar-refractivity contribution is 0.406. The maximum absolute atomic E-state index is 15.3. The number of allylic oxidation sites excluding steroid dienone is 1. The Balaban J connectivity index is 1.29. The molecule has 194 valence electrons. The molecule has 0 unspecified atom stereocenters. The molecule has 0 radical (unpaired) electrons. The number of amidine groups is 1. The number of anilines is 3. The third-order valence-electron chi connectivity index (χ3n) is 6.83. The van der Waals surface area contributed by atoms with E-state index < -0.39 is 11.6 Å². The van der Waals surface area contributed by atoms with E-state index in [9.17, 15) is 4.39 Å². The van der Waals surface area contributed by atoms with Gasteiger partial charge < -0.3 is 19.9 Å². The van der Waals surface area contributed by atoms with Crippen LogP contribution in [0.3, 0.4) is 0 Å². The van der Waals surface area contributed by atoms with Crippen LogP contribution in [0, 0.1) is 11.6 Å². The predicted octanol–water partition coefficient (Wildman–Crippen LogP) is 5.00. The molecule has 1 fully saturated rings. The van der Waals surface area contributed by atoms with E-state index in [1.807, 2.05) is 38.1 Å². The molecule has 4 heterocycles. The van der Waals surface area contributed by atoms with Gasteiger partial charge in [-0.2, -0.15) is 9.97 Å². The summed E-state index contributed by atoms with van der Waals surface area (Å²) >= 11 is 0. The molecular formula is C28H27F2N7O. The van der Waals surface area contributed by atoms with Crippen molar-refractivity contribution in [1.82, 2.24) is 15.0 Å². The monoisotopic (exact) mass is 515 g/mol. The van der Waals surface area contributed by atoms with Gasteiger partial charge in [-0.25, -0.2) is 8.78 Å². The van der Waals surface area contributed by atoms with Gasteiger partial charge in [0, 0.05) is 67.5 Å². The summed E-state index contributed by atoms with van der Waals surface area (Å²) in [5.74, 6) is 0.398. The molecule has 10 heteroatoms. The Morgan fingerprint density at radius 2 is 1.68 bits per heavy atom. The van der Waals surface area contributed by atoms with Crippen LogP contribution < -0.4 is 19.9 Å². The molecule has 2 aliphatic heterocycles. The molecule has 8 nitrogen and oxygen atoms in total. The fraction of sp³-hybridized carbons (Fsp3) is 0.286. The van der Waals surface area contributed by atoms with Crippen molar-refractivity contribution in [3.63, 3.8) is 0 Å². The molecule has 0 spiro atoms. The first-order chi connectivity index (χ1) is 18.4. The lowest BCUT2D eigenvalue weighted by Gasteiger charge is -2.36. The molecule has 3 aromatic rings. The number of nitrogens with one attached hydrogen (secondary N) is 1. The third kappa shape index (κ3) is 4.81. The normalized spacial score (nSPS) is 16.7. The number of aliphatic imine (C=N–C) groups is 1. The Bertz CT molecular complexity index is 1480. The molecule has 0 amide bonds. The molecule has 0 saturated carbocycles. The molecular weight excluding hydrogens is 488 g/mol. The number of nitrogens with zero attached hydrogens (tertiary/aromatic N) is 6. The topological polar surface area (TPSA) is 78.8 Å². The van der Waals surface area contributed by atoms with Crippen molar-refractivity contribution in [2.75, 3.05) is 47.8 Å². The first kappa shape index (κ1) is 24.0. The summed E-state index contributed by atoms with van der Waals surface area (Å²) in [4.78, 5) is 22.0. The van der Waals surface area contributed by atoms with Crippen LogP contribution in [-0.4, -0.2) is 53.5 Å². The minimum absolute atomic E-state index is 0.0715. The van der Waals surface area contributed by atoms with Crippen molar-refractivity contribution in [3.8, 4) is 11.8 Å². The molecule has 1 saturated heterocycles. The van der Waals surface area contributed by atoms with Gasteiger partial charge in [0.15, 0.2) is 11.6 Å². The molecule has 1 N–H and O–H groups in total. The van der Waals surface area contributed by atoms with E-state index in [1.54, 1.807) is 18.5 Å². The minimum atomic E-state index is -0.619. The van der Waals surface area contributed by atoms with E-state index in [-0.39, 0.29) is 17.3 Å². The molecule has 0 atom stereocenters. The van der Waals surface area contributed by atoms with E-state index in [0.717, 1.165) is 36.0 Å². The summed E-state index contributed by atoms with van der Waals surface area (Å²) in [6, 6.07) is 6.81. The lowest BCUT2D eigenvalue weighted by atomic mass is 10.1. The highest BCUT2D eigenvalue weighted by molar-refractivity contribution is 6.05. The van der Waals surface area contributed by atoms with Crippen molar-refractivity contribution in [1.29, 1.82) is 0 Å². The number of benzene rings is 1. The zero-order valence-electron chi connectivity index (χ0n) is 21.2. The van der Waals surface area contributed by atoms with Crippen molar-refractivity contribution in [2.24, 2.45) is 4.99 Å². The Kier molecular flexibility index (Phi) is 6.22. The third-order valence-corrected chi connectivity index (χ3v) is 6.83. The van der Waals surface area contributed by atoms with Crippen LogP contribution in [0.1, 0.15) is 25.0 Å². The summed E-state index contributed by atoms with van der Waals surface area (Å²) in [5, 5.41) is 3.21. The second-order valence-electron chi connectivity index (χ2n) is 9.72. The van der Waals surface area contributed by atoms with Gasteiger partial charge in [-0.05, 0) is 44.1 Å². The number of fused-ring (bicyclic) bond motifs is 1. The second kappa shape index (κ2) is 9.85. The summed E-state index contributed by atoms with van der Waals surface area (Å²) in [5.41, 5.74) is 3.71. The number of rotatable bonds is 5. The van der Waals surface area contributed by atoms with Gasteiger partial charge in [-0.15, -0.1) is 0 Å². The predicted molar refractivity (Wildman–Crippen MR) is 144 cm³/mol. The smallest absolute Gasteiger partial charge is 0.326 e. The van der Waals surface area contributed by atoms with Crippen LogP contribution in [-0.2, 0) is 6.42 Å². The molecule has 2 aromatic heterocycles. The average molecular weight is 516 g/mol. The lowest BCUT2D eigenvalue weighted by Crippen LogP contribution is -2.46. The summed E-state index contributed by atoms with van der Waals surface area (Å²) in [7, 11) is 0. The van der Waals surface area contributed by atoms with Crippen molar-refractivity contribution in [2.45, 2.75) is 20.3 Å². The molecule has 38 heavy (non-hydrogen) atoms. The SMILES string of the molecule is CC1=CC(Nc2cc(N3CCN(c4ccncc4)CC3)nc(Oc3cc(F)c4c(c3F)C=C(C)C4)n2)=NC1. The van der Waals surface area contributed by atoms with Gasteiger partial charge in [0.2, 0.25) is 0 Å². The molecule has 0 bridgehead atoms. The second-order valence-corrected chi connectivity index (χ2v) is 9.72. The summed E-state index contributed by atoms with van der Waals surface area (Å²) < 4.78 is 35.8. The zero-order valence-corrected chi connectivity index (χ0v) is 21.2. The highest BCUT2D eigenvalue weighted by Gasteiger charge is 2.25. The first-order valence-electron chi connectivity index (χ1n) is 12.6. The van der Waals surface area contributed by atoms with Crippen LogP contribution in [0.5, 0.6) is 11.8 Å². The zero-order chi connectivity index (χ0) is 26.2. The fourth-order valence-electron chi connectivity index (χ4n) is 4.91. The largest absolute Gasteiger partial charge is 0.421 e. The van der Waals surface area contributed by atoms with Gasteiger partial charge in [-0.3, -0.25) is 9.98 Å². The van der Waals surface area contributed by atoms with Crippen LogP contribution in [0.4, 0.5) is 26.1 Å². The average Bonchev–Trinajstić information content (AvgIpc) is 3.53. The van der Waals surface area contributed by atoms with E-state index in [1.165, 1.54) is 0 Å². The number of aromatic nitrogens is 3. The molecule has 3 aliphatic rings. The van der Waals surface area contributed by atoms with Gasteiger partial charge in [0.1, 0.15) is 23.3 Å². The van der Waals surface area contributed by atoms with Gasteiger partial charge in [-0.1, -0.05) is 11.6 Å². The van der Waals surface area contributed by atoms with Crippen LogP contribution in [0.25, 0.3) is 6.08 Å². The van der Waals surface area contributed by atoms with Crippen molar-refractivity contribution in [3.05, 3.63) is 76.6 Å². The number of halogens is 2. The minimum Gasteiger partial charge on any atom is -0.421 e. The first-order valence-corrected chi connectivity index (χ1v) is 12.6. The standard InChI is InChI=1S/C28H27F2N7O/c1-17-11-20-21(12-17)27(30)23(14-22(20)29)38-28-34-25(33-24-13-18(2)16-32-24)15-26(35-28)37-9-7-36(8-10-37)19-3-5-31-6-4-19/h3-6,12-15H,7-11,16H2,1-2H3,(H,32,33,34,35). The van der Waals surface area contributed by atoms with E-state index in [0.29, 0.717) is 49.1 Å². The molecule has 1 aromatic carbocycles. The van der Waals surface area contributed by atoms with Crippen LogP contribution in [0.2, 0.25) is 0 Å². The Morgan fingerprint density at radius 1 is 0.921 bits per heavy atom.